The number of rotatable bonds is 6. The van der Waals surface area contributed by atoms with Crippen LogP contribution in [-0.2, 0) is 4.79 Å². The topological polar surface area (TPSA) is 76.1 Å². The number of benzene rings is 1. The Morgan fingerprint density at radius 2 is 2.27 bits per heavy atom. The molecule has 2 rings (SSSR count). The summed E-state index contributed by atoms with van der Waals surface area (Å²) >= 11 is 0. The summed E-state index contributed by atoms with van der Waals surface area (Å²) in [6.07, 6.45) is 0.848. The van der Waals surface area contributed by atoms with E-state index in [1.54, 1.807) is 0 Å². The normalized spacial score (nSPS) is 27.8. The van der Waals surface area contributed by atoms with Crippen LogP contribution in [0.15, 0.2) is 18.2 Å². The Morgan fingerprint density at radius 3 is 2.77 bits per heavy atom. The fourth-order valence-electron chi connectivity index (χ4n) is 3.90. The highest BCUT2D eigenvalue weighted by Crippen LogP contribution is 2.65. The van der Waals surface area contributed by atoms with Gasteiger partial charge >= 0.3 is 0 Å². The third-order valence-corrected chi connectivity index (χ3v) is 5.20. The highest BCUT2D eigenvalue weighted by atomic mass is 19.1. The Labute approximate surface area is 130 Å². The standard InChI is InChI=1S/C17H21FN2O2/c1-4-17(11(3)15(17)16(20)21)10(2)9-22-14-6-5-13(18)7-12(14)8-19/h5-7,10-11,15H,4,9H2,1-3H3,(H2,20,21). The molecule has 1 aliphatic rings. The van der Waals surface area contributed by atoms with Crippen LogP contribution in [0.4, 0.5) is 4.39 Å². The first-order valence-electron chi connectivity index (χ1n) is 7.50. The van der Waals surface area contributed by atoms with Crippen molar-refractivity contribution in [3.8, 4) is 11.8 Å². The molecule has 1 aliphatic carbocycles. The second-order valence-corrected chi connectivity index (χ2v) is 6.10. The van der Waals surface area contributed by atoms with Gasteiger partial charge in [0.2, 0.25) is 5.91 Å². The zero-order chi connectivity index (χ0) is 16.5. The van der Waals surface area contributed by atoms with Crippen LogP contribution in [-0.4, -0.2) is 12.5 Å². The van der Waals surface area contributed by atoms with E-state index in [-0.39, 0.29) is 34.6 Å². The number of primary amides is 1. The quantitative estimate of drug-likeness (QED) is 0.878. The first kappa shape index (κ1) is 16.3. The van der Waals surface area contributed by atoms with Crippen LogP contribution in [0.2, 0.25) is 0 Å². The molecule has 0 bridgehead atoms. The van der Waals surface area contributed by atoms with E-state index in [0.717, 1.165) is 12.5 Å². The summed E-state index contributed by atoms with van der Waals surface area (Å²) in [6.45, 7) is 6.48. The van der Waals surface area contributed by atoms with Gasteiger partial charge in [-0.1, -0.05) is 20.8 Å². The summed E-state index contributed by atoms with van der Waals surface area (Å²) in [7, 11) is 0. The maximum Gasteiger partial charge on any atom is 0.221 e. The van der Waals surface area contributed by atoms with Gasteiger partial charge in [0.25, 0.3) is 0 Å². The van der Waals surface area contributed by atoms with Crippen LogP contribution >= 0.6 is 0 Å². The Morgan fingerprint density at radius 1 is 1.59 bits per heavy atom. The minimum absolute atomic E-state index is 0.113. The van der Waals surface area contributed by atoms with Gasteiger partial charge in [-0.15, -0.1) is 0 Å². The van der Waals surface area contributed by atoms with Crippen LogP contribution < -0.4 is 10.5 Å². The summed E-state index contributed by atoms with van der Waals surface area (Å²) in [6, 6.07) is 5.81. The van der Waals surface area contributed by atoms with Crippen LogP contribution in [0.1, 0.15) is 32.8 Å². The van der Waals surface area contributed by atoms with Crippen molar-refractivity contribution in [2.75, 3.05) is 6.61 Å². The molecule has 4 nitrogen and oxygen atoms in total. The third-order valence-electron chi connectivity index (χ3n) is 5.20. The van der Waals surface area contributed by atoms with Gasteiger partial charge in [0, 0.05) is 5.92 Å². The number of nitriles is 1. The largest absolute Gasteiger partial charge is 0.492 e. The number of halogens is 1. The number of nitrogens with two attached hydrogens (primary N) is 1. The Balaban J connectivity index is 2.09. The molecule has 118 valence electrons. The smallest absolute Gasteiger partial charge is 0.221 e. The number of amides is 1. The molecular formula is C17H21FN2O2. The van der Waals surface area contributed by atoms with Crippen molar-refractivity contribution >= 4 is 5.91 Å². The summed E-state index contributed by atoms with van der Waals surface area (Å²) in [5.74, 6) is -0.142. The van der Waals surface area contributed by atoms with E-state index in [9.17, 15) is 9.18 Å². The van der Waals surface area contributed by atoms with Gasteiger partial charge in [0.05, 0.1) is 12.2 Å². The molecule has 0 aromatic heterocycles. The predicted molar refractivity (Wildman–Crippen MR) is 80.3 cm³/mol. The van der Waals surface area contributed by atoms with Gasteiger partial charge in [-0.05, 0) is 41.9 Å². The van der Waals surface area contributed by atoms with E-state index in [0.29, 0.717) is 12.4 Å². The second kappa shape index (κ2) is 5.96. The lowest BCUT2D eigenvalue weighted by Gasteiger charge is -2.24. The molecule has 0 heterocycles. The molecule has 1 aromatic rings. The van der Waals surface area contributed by atoms with Crippen molar-refractivity contribution in [2.45, 2.75) is 27.2 Å². The van der Waals surface area contributed by atoms with Gasteiger partial charge in [-0.2, -0.15) is 5.26 Å². The van der Waals surface area contributed by atoms with Crippen molar-refractivity contribution in [3.05, 3.63) is 29.6 Å². The van der Waals surface area contributed by atoms with E-state index < -0.39 is 5.82 Å². The lowest BCUT2D eigenvalue weighted by molar-refractivity contribution is -0.120. The summed E-state index contributed by atoms with van der Waals surface area (Å²) in [4.78, 5) is 11.6. The van der Waals surface area contributed by atoms with Crippen molar-refractivity contribution in [1.82, 2.24) is 0 Å². The summed E-state index contributed by atoms with van der Waals surface area (Å²) < 4.78 is 18.8. The molecule has 0 spiro atoms. The van der Waals surface area contributed by atoms with Gasteiger partial charge in [0.15, 0.2) is 0 Å². The number of hydrogen-bond donors (Lipinski definition) is 1. The maximum absolute atomic E-state index is 13.1. The number of carbonyl (C=O) groups excluding carboxylic acids is 1. The molecule has 0 radical (unpaired) electrons. The van der Waals surface area contributed by atoms with Crippen LogP contribution in [0.25, 0.3) is 0 Å². The molecule has 0 aliphatic heterocycles. The number of carbonyl (C=O) groups is 1. The minimum atomic E-state index is -0.466. The van der Waals surface area contributed by atoms with Crippen molar-refractivity contribution in [1.29, 1.82) is 5.26 Å². The van der Waals surface area contributed by atoms with Crippen LogP contribution in [0.5, 0.6) is 5.75 Å². The Hall–Kier alpha value is -2.09. The Kier molecular flexibility index (Phi) is 4.41. The fourth-order valence-corrected chi connectivity index (χ4v) is 3.90. The molecule has 2 N–H and O–H groups in total. The van der Waals surface area contributed by atoms with Gasteiger partial charge < -0.3 is 10.5 Å². The van der Waals surface area contributed by atoms with E-state index >= 15 is 0 Å². The third kappa shape index (κ3) is 2.54. The second-order valence-electron chi connectivity index (χ2n) is 6.10. The highest BCUT2D eigenvalue weighted by Gasteiger charge is 2.65. The first-order valence-corrected chi connectivity index (χ1v) is 7.50. The molecule has 1 amide bonds. The predicted octanol–water partition coefficient (Wildman–Crippen LogP) is 2.86. The van der Waals surface area contributed by atoms with Crippen LogP contribution in [0, 0.1) is 40.3 Å². The van der Waals surface area contributed by atoms with Crippen molar-refractivity contribution in [2.24, 2.45) is 28.9 Å². The molecule has 4 unspecified atom stereocenters. The molecule has 1 saturated carbocycles. The molecule has 5 heteroatoms. The van der Waals surface area contributed by atoms with E-state index in [1.165, 1.54) is 12.1 Å². The average molecular weight is 304 g/mol. The Bertz CT molecular complexity index is 626. The molecule has 0 saturated heterocycles. The molecule has 1 fully saturated rings. The monoisotopic (exact) mass is 304 g/mol. The van der Waals surface area contributed by atoms with E-state index in [2.05, 4.69) is 6.92 Å². The lowest BCUT2D eigenvalue weighted by Crippen LogP contribution is -2.27. The number of hydrogen-bond acceptors (Lipinski definition) is 3. The van der Waals surface area contributed by atoms with E-state index in [1.807, 2.05) is 19.9 Å². The minimum Gasteiger partial charge on any atom is -0.492 e. The zero-order valence-corrected chi connectivity index (χ0v) is 13.1. The number of nitrogens with zero attached hydrogens (tertiary/aromatic N) is 1. The summed E-state index contributed by atoms with van der Waals surface area (Å²) in [5, 5.41) is 9.03. The number of ether oxygens (including phenoxy) is 1. The molecule has 22 heavy (non-hydrogen) atoms. The molecule has 4 atom stereocenters. The maximum atomic E-state index is 13.1. The molecule has 1 aromatic carbocycles. The van der Waals surface area contributed by atoms with Crippen LogP contribution in [0.3, 0.4) is 0 Å². The van der Waals surface area contributed by atoms with Gasteiger partial charge in [-0.3, -0.25) is 4.79 Å². The van der Waals surface area contributed by atoms with E-state index in [4.69, 9.17) is 15.7 Å². The van der Waals surface area contributed by atoms with Crippen molar-refractivity contribution < 1.29 is 13.9 Å². The fraction of sp³-hybridized carbons (Fsp3) is 0.529. The van der Waals surface area contributed by atoms with Crippen molar-refractivity contribution in [3.63, 3.8) is 0 Å². The first-order chi connectivity index (χ1) is 10.4. The molecular weight excluding hydrogens is 283 g/mol. The van der Waals surface area contributed by atoms with Gasteiger partial charge in [-0.25, -0.2) is 4.39 Å². The van der Waals surface area contributed by atoms with Gasteiger partial charge in [0.1, 0.15) is 17.6 Å². The average Bonchev–Trinajstić information content (AvgIpc) is 3.11. The summed E-state index contributed by atoms with van der Waals surface area (Å²) in [5.41, 5.74) is 5.52. The SMILES string of the molecule is CCC1(C(C)COc2ccc(F)cc2C#N)C(C)C1C(N)=O. The highest BCUT2D eigenvalue weighted by molar-refractivity contribution is 5.81. The lowest BCUT2D eigenvalue weighted by atomic mass is 9.84. The zero-order valence-electron chi connectivity index (χ0n) is 13.1.